The quantitative estimate of drug-likeness (QED) is 0.794. The Morgan fingerprint density at radius 2 is 1.70 bits per heavy atom. The standard InChI is InChI=1S/C19H32O4/c1-11(2)12(3)8-13-6-7-16-19(21-13)9-14(20-16)17-15(10-19)22-18(4,5)23-17/h11-17H,6-10H2,1-5H3/t12-,13?,14?,15-,16+,17-,19-/m1/s1. The third-order valence-electron chi connectivity index (χ3n) is 6.53. The second-order valence-electron chi connectivity index (χ2n) is 9.05. The van der Waals surface area contributed by atoms with Crippen LogP contribution in [0.4, 0.5) is 0 Å². The van der Waals surface area contributed by atoms with Crippen molar-refractivity contribution in [2.45, 2.75) is 109 Å². The molecule has 3 aliphatic heterocycles. The van der Waals surface area contributed by atoms with Crippen LogP contribution in [-0.4, -0.2) is 41.9 Å². The van der Waals surface area contributed by atoms with Crippen LogP contribution in [0.15, 0.2) is 0 Å². The predicted molar refractivity (Wildman–Crippen MR) is 87.2 cm³/mol. The summed E-state index contributed by atoms with van der Waals surface area (Å²) in [7, 11) is 0. The van der Waals surface area contributed by atoms with Crippen LogP contribution < -0.4 is 0 Å². The normalized spacial score (nSPS) is 49.0. The Morgan fingerprint density at radius 1 is 0.957 bits per heavy atom. The Morgan fingerprint density at radius 3 is 2.43 bits per heavy atom. The second-order valence-corrected chi connectivity index (χ2v) is 9.05. The van der Waals surface area contributed by atoms with E-state index in [2.05, 4.69) is 20.8 Å². The second kappa shape index (κ2) is 5.42. The topological polar surface area (TPSA) is 36.9 Å². The maximum atomic E-state index is 6.71. The van der Waals surface area contributed by atoms with E-state index in [-0.39, 0.29) is 30.0 Å². The monoisotopic (exact) mass is 324 g/mol. The van der Waals surface area contributed by atoms with Gasteiger partial charge in [-0.25, -0.2) is 0 Å². The lowest BCUT2D eigenvalue weighted by atomic mass is 9.75. The Kier molecular flexibility index (Phi) is 3.84. The summed E-state index contributed by atoms with van der Waals surface area (Å²) in [4.78, 5) is 0. The molecule has 4 fully saturated rings. The third-order valence-corrected chi connectivity index (χ3v) is 6.53. The first-order valence-corrected chi connectivity index (χ1v) is 9.47. The number of rotatable bonds is 3. The molecule has 4 nitrogen and oxygen atoms in total. The molecule has 1 saturated carbocycles. The first kappa shape index (κ1) is 16.3. The summed E-state index contributed by atoms with van der Waals surface area (Å²) in [6, 6.07) is 0. The maximum Gasteiger partial charge on any atom is 0.163 e. The van der Waals surface area contributed by atoms with E-state index in [1.165, 1.54) is 0 Å². The Labute approximate surface area is 140 Å². The molecule has 132 valence electrons. The van der Waals surface area contributed by atoms with E-state index in [9.17, 15) is 0 Å². The number of fused-ring (bicyclic) bond motifs is 3. The van der Waals surface area contributed by atoms with Gasteiger partial charge in [-0.1, -0.05) is 20.8 Å². The van der Waals surface area contributed by atoms with Gasteiger partial charge >= 0.3 is 0 Å². The molecule has 0 aromatic rings. The van der Waals surface area contributed by atoms with Crippen molar-refractivity contribution in [1.82, 2.24) is 0 Å². The highest BCUT2D eigenvalue weighted by molar-refractivity contribution is 5.11. The van der Waals surface area contributed by atoms with E-state index < -0.39 is 5.79 Å². The first-order valence-electron chi connectivity index (χ1n) is 9.47. The largest absolute Gasteiger partial charge is 0.369 e. The van der Waals surface area contributed by atoms with Gasteiger partial charge < -0.3 is 18.9 Å². The molecule has 0 amide bonds. The molecule has 2 unspecified atom stereocenters. The zero-order chi connectivity index (χ0) is 16.4. The zero-order valence-electron chi connectivity index (χ0n) is 15.2. The van der Waals surface area contributed by atoms with Crippen LogP contribution in [0.1, 0.15) is 66.7 Å². The number of ether oxygens (including phenoxy) is 4. The molecular formula is C19H32O4. The van der Waals surface area contributed by atoms with Gasteiger partial charge in [0.25, 0.3) is 0 Å². The molecular weight excluding hydrogens is 292 g/mol. The third kappa shape index (κ3) is 2.76. The Bertz CT molecular complexity index is 462. The van der Waals surface area contributed by atoms with Crippen LogP contribution in [0.2, 0.25) is 0 Å². The summed E-state index contributed by atoms with van der Waals surface area (Å²) in [6.07, 6.45) is 6.26. The predicted octanol–water partition coefficient (Wildman–Crippen LogP) is 3.67. The van der Waals surface area contributed by atoms with Crippen molar-refractivity contribution in [2.75, 3.05) is 0 Å². The van der Waals surface area contributed by atoms with Gasteiger partial charge in [-0.15, -0.1) is 0 Å². The summed E-state index contributed by atoms with van der Waals surface area (Å²) < 4.78 is 25.3. The van der Waals surface area contributed by atoms with Gasteiger partial charge in [-0.05, 0) is 44.9 Å². The maximum absolute atomic E-state index is 6.71. The van der Waals surface area contributed by atoms with E-state index >= 15 is 0 Å². The molecule has 0 aromatic carbocycles. The Balaban J connectivity index is 1.48. The fraction of sp³-hybridized carbons (Fsp3) is 1.00. The minimum absolute atomic E-state index is 0.0814. The summed E-state index contributed by atoms with van der Waals surface area (Å²) in [5.41, 5.74) is -0.130. The lowest BCUT2D eigenvalue weighted by Gasteiger charge is -2.45. The van der Waals surface area contributed by atoms with Crippen LogP contribution in [-0.2, 0) is 18.9 Å². The minimum atomic E-state index is -0.491. The molecule has 4 aliphatic rings. The molecule has 3 saturated heterocycles. The highest BCUT2D eigenvalue weighted by atomic mass is 16.8. The molecule has 2 bridgehead atoms. The van der Waals surface area contributed by atoms with Crippen molar-refractivity contribution in [3.63, 3.8) is 0 Å². The van der Waals surface area contributed by atoms with Crippen LogP contribution >= 0.6 is 0 Å². The van der Waals surface area contributed by atoms with Gasteiger partial charge in [0.05, 0.1) is 30.0 Å². The van der Waals surface area contributed by atoms with Crippen LogP contribution in [0.25, 0.3) is 0 Å². The minimum Gasteiger partial charge on any atom is -0.369 e. The fourth-order valence-electron chi connectivity index (χ4n) is 5.02. The molecule has 1 aliphatic carbocycles. The molecule has 0 aromatic heterocycles. The van der Waals surface area contributed by atoms with Gasteiger partial charge in [0.1, 0.15) is 6.10 Å². The average molecular weight is 324 g/mol. The molecule has 3 heterocycles. The summed E-state index contributed by atoms with van der Waals surface area (Å²) in [6.45, 7) is 11.0. The van der Waals surface area contributed by atoms with Crippen molar-refractivity contribution in [3.05, 3.63) is 0 Å². The molecule has 0 N–H and O–H groups in total. The first-order chi connectivity index (χ1) is 10.8. The molecule has 23 heavy (non-hydrogen) atoms. The molecule has 4 heteroatoms. The Hall–Kier alpha value is -0.160. The van der Waals surface area contributed by atoms with Crippen LogP contribution in [0, 0.1) is 11.8 Å². The molecule has 4 rings (SSSR count). The van der Waals surface area contributed by atoms with Crippen LogP contribution in [0.3, 0.4) is 0 Å². The SMILES string of the molecule is CC(C)[C@H](C)CC1CC[C@@H]2OC3C[C@]2(C[C@H]2OC(C)(C)O[C@H]32)O1. The molecule has 1 spiro atoms. The van der Waals surface area contributed by atoms with Gasteiger partial charge in [0.15, 0.2) is 5.79 Å². The van der Waals surface area contributed by atoms with Gasteiger partial charge in [0, 0.05) is 12.8 Å². The highest BCUT2D eigenvalue weighted by Gasteiger charge is 2.64. The highest BCUT2D eigenvalue weighted by Crippen LogP contribution is 2.53. The van der Waals surface area contributed by atoms with Crippen molar-refractivity contribution < 1.29 is 18.9 Å². The van der Waals surface area contributed by atoms with Gasteiger partial charge in [-0.3, -0.25) is 0 Å². The summed E-state index contributed by atoms with van der Waals surface area (Å²) >= 11 is 0. The van der Waals surface area contributed by atoms with Crippen molar-refractivity contribution in [3.8, 4) is 0 Å². The van der Waals surface area contributed by atoms with Gasteiger partial charge in [0.2, 0.25) is 0 Å². The van der Waals surface area contributed by atoms with Gasteiger partial charge in [-0.2, -0.15) is 0 Å². The molecule has 0 radical (unpaired) electrons. The fourth-order valence-corrected chi connectivity index (χ4v) is 5.02. The van der Waals surface area contributed by atoms with Crippen molar-refractivity contribution in [1.29, 1.82) is 0 Å². The van der Waals surface area contributed by atoms with E-state index in [0.29, 0.717) is 17.9 Å². The van der Waals surface area contributed by atoms with E-state index in [1.54, 1.807) is 0 Å². The lowest BCUT2D eigenvalue weighted by molar-refractivity contribution is -0.194. The number of hydrogen-bond donors (Lipinski definition) is 0. The number of hydrogen-bond acceptors (Lipinski definition) is 4. The summed E-state index contributed by atoms with van der Waals surface area (Å²) in [5.74, 6) is 0.923. The molecule has 7 atom stereocenters. The van der Waals surface area contributed by atoms with Crippen molar-refractivity contribution >= 4 is 0 Å². The van der Waals surface area contributed by atoms with E-state index in [1.807, 2.05) is 13.8 Å². The van der Waals surface area contributed by atoms with E-state index in [4.69, 9.17) is 18.9 Å². The zero-order valence-corrected chi connectivity index (χ0v) is 15.2. The summed E-state index contributed by atoms with van der Waals surface area (Å²) in [5, 5.41) is 0. The lowest BCUT2D eigenvalue weighted by Crippen LogP contribution is -2.53. The van der Waals surface area contributed by atoms with E-state index in [0.717, 1.165) is 32.1 Å². The smallest absolute Gasteiger partial charge is 0.163 e. The van der Waals surface area contributed by atoms with Crippen LogP contribution in [0.5, 0.6) is 0 Å². The average Bonchev–Trinajstić information content (AvgIpc) is 2.92. The van der Waals surface area contributed by atoms with Crippen molar-refractivity contribution in [2.24, 2.45) is 11.8 Å².